The predicted molar refractivity (Wildman–Crippen MR) is 150 cm³/mol. The summed E-state index contributed by atoms with van der Waals surface area (Å²) in [6.45, 7) is 7.37. The van der Waals surface area contributed by atoms with Crippen LogP contribution < -0.4 is 10.6 Å². The van der Waals surface area contributed by atoms with E-state index in [0.717, 1.165) is 31.2 Å². The fourth-order valence-electron chi connectivity index (χ4n) is 5.02. The molecule has 1 aliphatic carbocycles. The molecule has 210 valence electrons. The van der Waals surface area contributed by atoms with Gasteiger partial charge in [0.25, 0.3) is 0 Å². The molecule has 0 heterocycles. The highest BCUT2D eigenvalue weighted by atomic mass is 16.5. The van der Waals surface area contributed by atoms with E-state index in [1.807, 2.05) is 30.3 Å². The van der Waals surface area contributed by atoms with Gasteiger partial charge in [-0.05, 0) is 43.6 Å². The van der Waals surface area contributed by atoms with Crippen molar-refractivity contribution in [2.45, 2.75) is 89.1 Å². The van der Waals surface area contributed by atoms with Crippen LogP contribution in [0.1, 0.15) is 76.2 Å². The van der Waals surface area contributed by atoms with E-state index in [4.69, 9.17) is 4.74 Å². The fourth-order valence-corrected chi connectivity index (χ4v) is 5.02. The number of carbonyl (C=O) groups is 3. The Kier molecular flexibility index (Phi) is 15.1. The number of amides is 2. The smallest absolute Gasteiger partial charge is 0.305 e. The summed E-state index contributed by atoms with van der Waals surface area (Å²) in [4.78, 5) is 38.3. The van der Waals surface area contributed by atoms with Crippen molar-refractivity contribution in [1.29, 1.82) is 0 Å². The van der Waals surface area contributed by atoms with Crippen molar-refractivity contribution in [2.24, 2.45) is 11.8 Å². The lowest BCUT2D eigenvalue weighted by Gasteiger charge is -2.28. The standard InChI is InChI=1S/C31H46N2O5/c1-3-5-8-18-30(36)38-23-28(20-25-16-11-7-12-17-25)33-31(37)26(13-4-2)21-29(35)32-27(22-34)19-24-14-9-6-10-15-24/h3-4,6,9-10,14-15,25-28,34H,1-2,5,7-8,11-13,16-23H2,(H,32,35)(H,33,37)/t26-,27+,28+/m1/s1. The van der Waals surface area contributed by atoms with E-state index in [9.17, 15) is 19.5 Å². The SMILES string of the molecule is C=CCCCC(=O)OC[C@H](CC1CCCCC1)NC(=O)[C@H](CC=C)CC(=O)N[C@H](CO)Cc1ccccc1. The first-order chi connectivity index (χ1) is 18.4. The lowest BCUT2D eigenvalue weighted by molar-refractivity contribution is -0.145. The molecule has 0 saturated heterocycles. The van der Waals surface area contributed by atoms with Gasteiger partial charge in [0.1, 0.15) is 6.61 Å². The Hall–Kier alpha value is -2.93. The van der Waals surface area contributed by atoms with Crippen molar-refractivity contribution < 1.29 is 24.2 Å². The number of benzene rings is 1. The van der Waals surface area contributed by atoms with Crippen LogP contribution in [0.15, 0.2) is 55.6 Å². The van der Waals surface area contributed by atoms with E-state index in [1.54, 1.807) is 12.2 Å². The molecule has 3 atom stereocenters. The lowest BCUT2D eigenvalue weighted by atomic mass is 9.84. The monoisotopic (exact) mass is 526 g/mol. The Bertz CT molecular complexity index is 866. The molecule has 2 amide bonds. The highest BCUT2D eigenvalue weighted by molar-refractivity contribution is 5.86. The zero-order chi connectivity index (χ0) is 27.6. The average molecular weight is 527 g/mol. The molecule has 7 nitrogen and oxygen atoms in total. The van der Waals surface area contributed by atoms with Crippen molar-refractivity contribution in [1.82, 2.24) is 10.6 Å². The number of rotatable bonds is 18. The van der Waals surface area contributed by atoms with E-state index in [-0.39, 0.29) is 43.5 Å². The van der Waals surface area contributed by atoms with Crippen LogP contribution in [0.2, 0.25) is 0 Å². The van der Waals surface area contributed by atoms with Gasteiger partial charge in [0.05, 0.1) is 24.6 Å². The minimum Gasteiger partial charge on any atom is -0.463 e. The summed E-state index contributed by atoms with van der Waals surface area (Å²) >= 11 is 0. The molecule has 1 fully saturated rings. The molecule has 0 aliphatic heterocycles. The number of carbonyl (C=O) groups excluding carboxylic acids is 3. The first-order valence-electron chi connectivity index (χ1n) is 14.1. The summed E-state index contributed by atoms with van der Waals surface area (Å²) in [6.07, 6.45) is 12.6. The van der Waals surface area contributed by atoms with Crippen molar-refractivity contribution in [2.75, 3.05) is 13.2 Å². The highest BCUT2D eigenvalue weighted by Gasteiger charge is 2.27. The number of hydrogen-bond acceptors (Lipinski definition) is 5. The van der Waals surface area contributed by atoms with Crippen LogP contribution in [0.25, 0.3) is 0 Å². The number of hydrogen-bond donors (Lipinski definition) is 3. The Morgan fingerprint density at radius 1 is 1.03 bits per heavy atom. The van der Waals surface area contributed by atoms with Gasteiger partial charge in [-0.3, -0.25) is 14.4 Å². The second-order valence-electron chi connectivity index (χ2n) is 10.4. The summed E-state index contributed by atoms with van der Waals surface area (Å²) in [5, 5.41) is 15.7. The normalized spacial score (nSPS) is 16.0. The maximum absolute atomic E-state index is 13.3. The molecule has 1 aromatic rings. The van der Waals surface area contributed by atoms with Crippen molar-refractivity contribution in [3.8, 4) is 0 Å². The number of nitrogens with one attached hydrogen (secondary N) is 2. The number of aliphatic hydroxyl groups is 1. The summed E-state index contributed by atoms with van der Waals surface area (Å²) in [7, 11) is 0. The maximum Gasteiger partial charge on any atom is 0.305 e. The fraction of sp³-hybridized carbons (Fsp3) is 0.581. The zero-order valence-corrected chi connectivity index (χ0v) is 22.7. The molecular formula is C31H46N2O5. The van der Waals surface area contributed by atoms with Crippen molar-refractivity contribution in [3.63, 3.8) is 0 Å². The van der Waals surface area contributed by atoms with Gasteiger partial charge in [-0.1, -0.05) is 74.6 Å². The Balaban J connectivity index is 1.96. The van der Waals surface area contributed by atoms with Crippen LogP contribution in [-0.4, -0.2) is 48.2 Å². The van der Waals surface area contributed by atoms with E-state index >= 15 is 0 Å². The molecule has 0 spiro atoms. The Morgan fingerprint density at radius 3 is 2.42 bits per heavy atom. The molecule has 0 radical (unpaired) electrons. The van der Waals surface area contributed by atoms with Gasteiger partial charge in [-0.15, -0.1) is 13.2 Å². The van der Waals surface area contributed by atoms with Crippen LogP contribution in [0, 0.1) is 11.8 Å². The molecule has 1 saturated carbocycles. The molecule has 2 rings (SSSR count). The van der Waals surface area contributed by atoms with Gasteiger partial charge in [0, 0.05) is 12.8 Å². The molecule has 38 heavy (non-hydrogen) atoms. The number of ether oxygens (including phenoxy) is 1. The Morgan fingerprint density at radius 2 is 1.76 bits per heavy atom. The third-order valence-electron chi connectivity index (χ3n) is 7.09. The van der Waals surface area contributed by atoms with Crippen molar-refractivity contribution in [3.05, 3.63) is 61.2 Å². The lowest BCUT2D eigenvalue weighted by Crippen LogP contribution is -2.45. The topological polar surface area (TPSA) is 105 Å². The van der Waals surface area contributed by atoms with Gasteiger partial charge >= 0.3 is 5.97 Å². The molecule has 1 aromatic carbocycles. The van der Waals surface area contributed by atoms with Gasteiger partial charge < -0.3 is 20.5 Å². The first-order valence-corrected chi connectivity index (χ1v) is 14.1. The molecule has 0 unspecified atom stereocenters. The minimum absolute atomic E-state index is 0.0133. The average Bonchev–Trinajstić information content (AvgIpc) is 2.92. The van der Waals surface area contributed by atoms with E-state index in [2.05, 4.69) is 23.8 Å². The Labute approximate surface area is 228 Å². The summed E-state index contributed by atoms with van der Waals surface area (Å²) < 4.78 is 5.52. The van der Waals surface area contributed by atoms with Gasteiger partial charge in [0.15, 0.2) is 0 Å². The maximum atomic E-state index is 13.3. The summed E-state index contributed by atoms with van der Waals surface area (Å²) in [5.41, 5.74) is 1.01. The largest absolute Gasteiger partial charge is 0.463 e. The highest BCUT2D eigenvalue weighted by Crippen LogP contribution is 2.27. The van der Waals surface area contributed by atoms with Crippen LogP contribution in [0.4, 0.5) is 0 Å². The molecule has 3 N–H and O–H groups in total. The second-order valence-corrected chi connectivity index (χ2v) is 10.4. The minimum atomic E-state index is -0.597. The van der Waals surface area contributed by atoms with Crippen LogP contribution in [-0.2, 0) is 25.5 Å². The van der Waals surface area contributed by atoms with Crippen LogP contribution in [0.3, 0.4) is 0 Å². The van der Waals surface area contributed by atoms with E-state index in [0.29, 0.717) is 31.6 Å². The number of aliphatic hydroxyl groups excluding tert-OH is 1. The van der Waals surface area contributed by atoms with Gasteiger partial charge in [-0.2, -0.15) is 0 Å². The molecule has 0 bridgehead atoms. The molecule has 7 heteroatoms. The third kappa shape index (κ3) is 12.5. The second kappa shape index (κ2) is 18.3. The quantitative estimate of drug-likeness (QED) is 0.147. The zero-order valence-electron chi connectivity index (χ0n) is 22.7. The van der Waals surface area contributed by atoms with Gasteiger partial charge in [-0.25, -0.2) is 0 Å². The van der Waals surface area contributed by atoms with Crippen molar-refractivity contribution >= 4 is 17.8 Å². The summed E-state index contributed by atoms with van der Waals surface area (Å²) in [6, 6.07) is 8.91. The third-order valence-corrected chi connectivity index (χ3v) is 7.09. The molecule has 1 aliphatic rings. The predicted octanol–water partition coefficient (Wildman–Crippen LogP) is 4.64. The molecular weight excluding hydrogens is 480 g/mol. The van der Waals surface area contributed by atoms with E-state index < -0.39 is 12.0 Å². The first kappa shape index (κ1) is 31.3. The molecule has 0 aromatic heterocycles. The number of allylic oxidation sites excluding steroid dienone is 2. The van der Waals surface area contributed by atoms with Crippen LogP contribution in [0.5, 0.6) is 0 Å². The summed E-state index contributed by atoms with van der Waals surface area (Å²) in [5.74, 6) is -0.921. The van der Waals surface area contributed by atoms with Gasteiger partial charge in [0.2, 0.25) is 11.8 Å². The van der Waals surface area contributed by atoms with E-state index in [1.165, 1.54) is 19.3 Å². The number of unbranched alkanes of at least 4 members (excludes halogenated alkanes) is 1. The van der Waals surface area contributed by atoms with Crippen LogP contribution >= 0.6 is 0 Å². The number of esters is 1.